The van der Waals surface area contributed by atoms with E-state index in [-0.39, 0.29) is 31.0 Å². The fraction of sp³-hybridized carbons (Fsp3) is 0.508. The lowest BCUT2D eigenvalue weighted by Crippen LogP contribution is -2.57. The number of anilines is 2. The predicted octanol–water partition coefficient (Wildman–Crippen LogP) is 14.2. The van der Waals surface area contributed by atoms with Crippen molar-refractivity contribution >= 4 is 47.0 Å². The van der Waals surface area contributed by atoms with Crippen molar-refractivity contribution in [1.82, 2.24) is 0 Å². The van der Waals surface area contributed by atoms with Crippen LogP contribution in [0.5, 0.6) is 0 Å². The number of nitrogens with two attached hydrogens (primary N) is 2. The van der Waals surface area contributed by atoms with Gasteiger partial charge in [-0.05, 0) is 159 Å². The van der Waals surface area contributed by atoms with Crippen LogP contribution in [0.2, 0.25) is 0 Å². The molecule has 2 aliphatic rings. The van der Waals surface area contributed by atoms with Crippen LogP contribution in [-0.2, 0) is 31.9 Å². The van der Waals surface area contributed by atoms with Gasteiger partial charge in [-0.1, -0.05) is 164 Å². The third kappa shape index (κ3) is 18.7. The van der Waals surface area contributed by atoms with Crippen LogP contribution < -0.4 is 11.5 Å². The first kappa shape index (κ1) is 58.4. The van der Waals surface area contributed by atoms with Gasteiger partial charge < -0.3 is 31.2 Å². The minimum Gasteiger partial charge on any atom is -0.459 e. The van der Waals surface area contributed by atoms with Crippen LogP contribution in [0.3, 0.4) is 0 Å². The molecular formula is C65H86N2O8. The highest BCUT2D eigenvalue weighted by molar-refractivity contribution is 6.01. The Bertz CT molecular complexity index is 2380. The molecule has 10 nitrogen and oxygen atoms in total. The second-order valence-electron chi connectivity index (χ2n) is 21.9. The van der Waals surface area contributed by atoms with Crippen LogP contribution in [0.1, 0.15) is 204 Å². The molecule has 6 N–H and O–H groups in total. The van der Waals surface area contributed by atoms with Gasteiger partial charge in [-0.25, -0.2) is 9.59 Å². The lowest BCUT2D eigenvalue weighted by atomic mass is 9.65. The number of nitrogen functional groups attached to an aromatic ring is 2. The zero-order valence-corrected chi connectivity index (χ0v) is 45.0. The molecule has 0 aliphatic heterocycles. The highest BCUT2D eigenvalue weighted by atomic mass is 16.5. The molecule has 4 aromatic carbocycles. The standard InChI is InChI=1S/C65H86N2O8/c1-3-5-7-9-11-13-15-48-26-40-59(41-27-48)74-62(70)54-31-17-50(18-32-54)25-39-58(68)47-64(45-52-21-35-56(66)36-22-52,46-53-23-37-57(67)38-24-53)65(72,73)61(69)44-30-51-19-33-55(34-20-51)63(71)75-60-42-28-49(29-43-60)16-14-12-10-8-6-4-2/h17-25,30-39,44,48-49,59-60,72-73H,3-16,26-29,40-43,45-47,66-67H2,1-2H3. The summed E-state index contributed by atoms with van der Waals surface area (Å²) in [6.45, 7) is 4.48. The Kier molecular flexibility index (Phi) is 23.4. The molecule has 0 atom stereocenters. The van der Waals surface area contributed by atoms with Crippen molar-refractivity contribution in [3.8, 4) is 0 Å². The fourth-order valence-corrected chi connectivity index (χ4v) is 11.1. The number of allylic oxidation sites excluding steroid dienone is 1. The number of hydrogen-bond donors (Lipinski definition) is 4. The molecule has 0 bridgehead atoms. The van der Waals surface area contributed by atoms with E-state index in [1.54, 1.807) is 103 Å². The molecule has 0 aromatic heterocycles. The van der Waals surface area contributed by atoms with Crippen molar-refractivity contribution in [3.05, 3.63) is 143 Å². The number of hydrogen-bond acceptors (Lipinski definition) is 10. The number of benzene rings is 4. The van der Waals surface area contributed by atoms with E-state index in [0.29, 0.717) is 56.6 Å². The summed E-state index contributed by atoms with van der Waals surface area (Å²) >= 11 is 0. The molecule has 0 spiro atoms. The van der Waals surface area contributed by atoms with Gasteiger partial charge in [0.25, 0.3) is 0 Å². The van der Waals surface area contributed by atoms with Crippen LogP contribution in [0.15, 0.2) is 109 Å². The summed E-state index contributed by atoms with van der Waals surface area (Å²) in [6.07, 6.45) is 30.6. The average Bonchev–Trinajstić information content (AvgIpc) is 3.41. The van der Waals surface area contributed by atoms with Crippen molar-refractivity contribution in [1.29, 1.82) is 0 Å². The van der Waals surface area contributed by atoms with Crippen molar-refractivity contribution < 1.29 is 38.9 Å². The van der Waals surface area contributed by atoms with Gasteiger partial charge in [0.1, 0.15) is 12.2 Å². The second kappa shape index (κ2) is 30.0. The number of esters is 2. The van der Waals surface area contributed by atoms with Crippen molar-refractivity contribution in [2.75, 3.05) is 11.5 Å². The van der Waals surface area contributed by atoms with Crippen LogP contribution in [0.25, 0.3) is 12.2 Å². The van der Waals surface area contributed by atoms with Gasteiger partial charge in [0, 0.05) is 23.2 Å². The summed E-state index contributed by atoms with van der Waals surface area (Å²) in [5.41, 5.74) is 14.6. The van der Waals surface area contributed by atoms with Crippen LogP contribution in [0, 0.1) is 17.3 Å². The maximum Gasteiger partial charge on any atom is 0.338 e. The van der Waals surface area contributed by atoms with E-state index in [4.69, 9.17) is 20.9 Å². The number of carbonyl (C=O) groups is 4. The molecule has 2 saturated carbocycles. The van der Waals surface area contributed by atoms with Gasteiger partial charge in [-0.2, -0.15) is 0 Å². The summed E-state index contributed by atoms with van der Waals surface area (Å²) in [7, 11) is 0. The highest BCUT2D eigenvalue weighted by Crippen LogP contribution is 2.43. The SMILES string of the molecule is CCCCCCCCC1CCC(OC(=O)c2ccc(C=CC(=O)CC(Cc3ccc(N)cc3)(Cc3ccc(N)cc3)C(O)(O)C(=O)C=Cc3ccc(C(=O)OC4CCC(CCCCCCCC)CC4)cc3)cc2)CC1. The van der Waals surface area contributed by atoms with Gasteiger partial charge in [0.2, 0.25) is 11.6 Å². The van der Waals surface area contributed by atoms with E-state index in [9.17, 15) is 29.4 Å². The van der Waals surface area contributed by atoms with Crippen LogP contribution in [0.4, 0.5) is 11.4 Å². The van der Waals surface area contributed by atoms with Crippen molar-refractivity contribution in [2.24, 2.45) is 17.3 Å². The summed E-state index contributed by atoms with van der Waals surface area (Å²) in [6, 6.07) is 27.2. The lowest BCUT2D eigenvalue weighted by Gasteiger charge is -2.42. The lowest BCUT2D eigenvalue weighted by molar-refractivity contribution is -0.230. The molecule has 4 aromatic rings. The van der Waals surface area contributed by atoms with Crippen LogP contribution in [-0.4, -0.2) is 51.7 Å². The predicted molar refractivity (Wildman–Crippen MR) is 303 cm³/mol. The Morgan fingerprint density at radius 3 is 1.28 bits per heavy atom. The highest BCUT2D eigenvalue weighted by Gasteiger charge is 2.54. The van der Waals surface area contributed by atoms with Crippen molar-refractivity contribution in [2.45, 2.75) is 192 Å². The maximum absolute atomic E-state index is 14.3. The Balaban J connectivity index is 1.10. The molecule has 0 unspecified atom stereocenters. The maximum atomic E-state index is 14.3. The van der Waals surface area contributed by atoms with Gasteiger partial charge in [0.05, 0.1) is 11.1 Å². The van der Waals surface area contributed by atoms with E-state index in [0.717, 1.165) is 57.4 Å². The summed E-state index contributed by atoms with van der Waals surface area (Å²) < 4.78 is 11.8. The van der Waals surface area contributed by atoms with Crippen molar-refractivity contribution in [3.63, 3.8) is 0 Å². The topological polar surface area (TPSA) is 179 Å². The Morgan fingerprint density at radius 1 is 0.507 bits per heavy atom. The zero-order valence-electron chi connectivity index (χ0n) is 45.0. The second-order valence-corrected chi connectivity index (χ2v) is 21.9. The number of aliphatic hydroxyl groups is 2. The molecule has 404 valence electrons. The zero-order chi connectivity index (χ0) is 53.5. The van der Waals surface area contributed by atoms with Gasteiger partial charge in [-0.15, -0.1) is 0 Å². The molecule has 2 aliphatic carbocycles. The minimum absolute atomic E-state index is 0.0843. The summed E-state index contributed by atoms with van der Waals surface area (Å²) in [5, 5.41) is 24.6. The number of ether oxygens (including phenoxy) is 2. The first-order valence-corrected chi connectivity index (χ1v) is 28.4. The van der Waals surface area contributed by atoms with E-state index < -0.39 is 35.2 Å². The van der Waals surface area contributed by atoms with E-state index in [1.165, 1.54) is 102 Å². The molecule has 0 heterocycles. The number of unbranched alkanes of at least 4 members (excludes halogenated alkanes) is 10. The van der Waals surface area contributed by atoms with E-state index in [2.05, 4.69) is 13.8 Å². The molecule has 0 amide bonds. The summed E-state index contributed by atoms with van der Waals surface area (Å²) in [5.74, 6) is -3.90. The molecule has 2 fully saturated rings. The molecule has 0 saturated heterocycles. The Labute approximate surface area is 447 Å². The molecule has 10 heteroatoms. The minimum atomic E-state index is -3.07. The van der Waals surface area contributed by atoms with Gasteiger partial charge >= 0.3 is 11.9 Å². The third-order valence-electron chi connectivity index (χ3n) is 15.9. The molecule has 75 heavy (non-hydrogen) atoms. The normalized spacial score (nSPS) is 18.3. The van der Waals surface area contributed by atoms with Gasteiger partial charge in [0.15, 0.2) is 5.78 Å². The first-order valence-electron chi connectivity index (χ1n) is 28.4. The molecular weight excluding hydrogens is 937 g/mol. The largest absolute Gasteiger partial charge is 0.459 e. The number of rotatable bonds is 30. The number of carbonyl (C=O) groups excluding carboxylic acids is 4. The Morgan fingerprint density at radius 2 is 0.880 bits per heavy atom. The number of ketones is 2. The van der Waals surface area contributed by atoms with E-state index >= 15 is 0 Å². The van der Waals surface area contributed by atoms with E-state index in [1.807, 2.05) is 0 Å². The van der Waals surface area contributed by atoms with Gasteiger partial charge in [-0.3, -0.25) is 9.59 Å². The molecule has 0 radical (unpaired) electrons. The molecule has 6 rings (SSSR count). The fourth-order valence-electron chi connectivity index (χ4n) is 11.1. The quantitative estimate of drug-likeness (QED) is 0.0129. The first-order chi connectivity index (χ1) is 36.2. The Hall–Kier alpha value is -5.84. The average molecular weight is 1020 g/mol. The van der Waals surface area contributed by atoms with Crippen LogP contribution >= 0.6 is 0 Å². The summed E-state index contributed by atoms with van der Waals surface area (Å²) in [4.78, 5) is 54.9. The smallest absolute Gasteiger partial charge is 0.338 e. The monoisotopic (exact) mass is 1020 g/mol. The third-order valence-corrected chi connectivity index (χ3v) is 15.9.